The zero-order valence-corrected chi connectivity index (χ0v) is 52.4. The average molecular weight is 1090 g/mol. The van der Waals surface area contributed by atoms with Gasteiger partial charge in [0.05, 0.1) is 39.9 Å². The maximum absolute atomic E-state index is 13.1. The number of nitrogens with one attached hydrogen (secondary N) is 1. The van der Waals surface area contributed by atoms with Gasteiger partial charge >= 0.3 is 7.82 Å². The van der Waals surface area contributed by atoms with Gasteiger partial charge in [0.2, 0.25) is 5.91 Å². The molecular formula is C67H132N2O6P+. The van der Waals surface area contributed by atoms with E-state index in [4.69, 9.17) is 9.05 Å². The highest BCUT2D eigenvalue weighted by molar-refractivity contribution is 7.47. The number of quaternary nitrogens is 1. The Morgan fingerprint density at radius 1 is 0.447 bits per heavy atom. The monoisotopic (exact) mass is 1090 g/mol. The zero-order valence-electron chi connectivity index (χ0n) is 51.5. The minimum atomic E-state index is -4.33. The molecule has 0 aromatic heterocycles. The molecule has 0 spiro atoms. The Morgan fingerprint density at radius 2 is 0.750 bits per heavy atom. The van der Waals surface area contributed by atoms with Crippen LogP contribution in [0, 0.1) is 0 Å². The lowest BCUT2D eigenvalue weighted by Crippen LogP contribution is -2.46. The van der Waals surface area contributed by atoms with Gasteiger partial charge in [0.15, 0.2) is 0 Å². The molecule has 0 fully saturated rings. The van der Waals surface area contributed by atoms with E-state index in [1.54, 1.807) is 0 Å². The molecular weight excluding hydrogens is 960 g/mol. The fourth-order valence-electron chi connectivity index (χ4n) is 10.2. The fourth-order valence-corrected chi connectivity index (χ4v) is 10.9. The van der Waals surface area contributed by atoms with Gasteiger partial charge < -0.3 is 19.8 Å². The first-order valence-electron chi connectivity index (χ1n) is 33.4. The Hall–Kier alpha value is -1.28. The molecule has 0 rings (SSSR count). The van der Waals surface area contributed by atoms with E-state index in [1.807, 2.05) is 21.1 Å². The highest BCUT2D eigenvalue weighted by Gasteiger charge is 2.28. The van der Waals surface area contributed by atoms with Crippen LogP contribution in [0.1, 0.15) is 335 Å². The van der Waals surface area contributed by atoms with Crippen LogP contribution in [0.4, 0.5) is 0 Å². The fraction of sp³-hybridized carbons (Fsp3) is 0.896. The predicted molar refractivity (Wildman–Crippen MR) is 332 cm³/mol. The van der Waals surface area contributed by atoms with E-state index in [-0.39, 0.29) is 19.1 Å². The van der Waals surface area contributed by atoms with Crippen molar-refractivity contribution >= 4 is 13.7 Å². The summed E-state index contributed by atoms with van der Waals surface area (Å²) in [7, 11) is 1.63. The molecule has 0 aromatic rings. The van der Waals surface area contributed by atoms with Gasteiger partial charge in [-0.15, -0.1) is 0 Å². The molecule has 0 bridgehead atoms. The first-order valence-corrected chi connectivity index (χ1v) is 34.8. The van der Waals surface area contributed by atoms with Crippen LogP contribution in [0.2, 0.25) is 0 Å². The Kier molecular flexibility index (Phi) is 57.4. The SMILES string of the molecule is CCCCCCC/C=C\C/C=C\C/C=C\CCCCCCCCCCCCCCCCCCC(=O)NC(COP(=O)(O)OCC[N+](C)(C)C)C(O)CCCCCCCCCCCCCCCCCCCCCCCCC. The predicted octanol–water partition coefficient (Wildman–Crippen LogP) is 20.9. The molecule has 0 saturated carbocycles. The number of aliphatic hydroxyl groups is 1. The summed E-state index contributed by atoms with van der Waals surface area (Å²) in [5.41, 5.74) is 0. The van der Waals surface area contributed by atoms with Gasteiger partial charge in [-0.3, -0.25) is 13.8 Å². The summed E-state index contributed by atoms with van der Waals surface area (Å²) in [6.07, 6.45) is 76.5. The number of amides is 1. The number of hydrogen-bond donors (Lipinski definition) is 3. The maximum Gasteiger partial charge on any atom is 0.472 e. The Balaban J connectivity index is 4.04. The van der Waals surface area contributed by atoms with Gasteiger partial charge in [-0.05, 0) is 51.4 Å². The number of phosphoric acid groups is 1. The quantitative estimate of drug-likeness (QED) is 0.0243. The van der Waals surface area contributed by atoms with E-state index in [9.17, 15) is 19.4 Å². The highest BCUT2D eigenvalue weighted by Crippen LogP contribution is 2.43. The van der Waals surface area contributed by atoms with Gasteiger partial charge in [0.25, 0.3) is 0 Å². The van der Waals surface area contributed by atoms with Crippen molar-refractivity contribution in [2.24, 2.45) is 0 Å². The van der Waals surface area contributed by atoms with Gasteiger partial charge in [0, 0.05) is 6.42 Å². The number of aliphatic hydroxyl groups excluding tert-OH is 1. The molecule has 0 aliphatic rings. The minimum Gasteiger partial charge on any atom is -0.391 e. The highest BCUT2D eigenvalue weighted by atomic mass is 31.2. The maximum atomic E-state index is 13.1. The standard InChI is InChI=1S/C67H131N2O6P/c1-6-8-10-12-14-16-18-20-22-24-26-28-30-31-32-33-34-35-36-37-39-41-43-45-47-49-51-53-55-57-59-61-67(71)68-65(64-75-76(72,73)74-63-62-69(3,4)5)66(70)60-58-56-54-52-50-48-46-44-42-40-38-29-27-25-23-21-19-17-15-13-11-9-7-2/h18,20,24,26,30-31,65-66,70H,6-17,19,21-23,25,27-29,32-64H2,1-5H3,(H-,68,71,72,73)/p+1/b20-18-,26-24-,31-30-. The molecule has 3 atom stereocenters. The molecule has 8 nitrogen and oxygen atoms in total. The molecule has 450 valence electrons. The van der Waals surface area contributed by atoms with Gasteiger partial charge in [-0.1, -0.05) is 314 Å². The zero-order chi connectivity index (χ0) is 55.6. The molecule has 76 heavy (non-hydrogen) atoms. The van der Waals surface area contributed by atoms with Crippen LogP contribution in [0.25, 0.3) is 0 Å². The molecule has 9 heteroatoms. The lowest BCUT2D eigenvalue weighted by molar-refractivity contribution is -0.870. The van der Waals surface area contributed by atoms with E-state index in [1.165, 1.54) is 257 Å². The van der Waals surface area contributed by atoms with Gasteiger partial charge in [-0.25, -0.2) is 4.57 Å². The van der Waals surface area contributed by atoms with Crippen molar-refractivity contribution < 1.29 is 32.9 Å². The number of unbranched alkanes of at least 4 members (excludes halogenated alkanes) is 43. The second-order valence-corrected chi connectivity index (χ2v) is 25.7. The van der Waals surface area contributed by atoms with Crippen LogP contribution < -0.4 is 5.32 Å². The number of allylic oxidation sites excluding steroid dienone is 6. The summed E-state index contributed by atoms with van der Waals surface area (Å²) in [6.45, 7) is 4.93. The Labute approximate surface area is 474 Å². The molecule has 0 radical (unpaired) electrons. The van der Waals surface area contributed by atoms with E-state index in [2.05, 4.69) is 55.6 Å². The lowest BCUT2D eigenvalue weighted by atomic mass is 10.0. The summed E-state index contributed by atoms with van der Waals surface area (Å²) in [5.74, 6) is -0.139. The molecule has 3 N–H and O–H groups in total. The lowest BCUT2D eigenvalue weighted by Gasteiger charge is -2.26. The van der Waals surface area contributed by atoms with Gasteiger partial charge in [-0.2, -0.15) is 0 Å². The smallest absolute Gasteiger partial charge is 0.391 e. The average Bonchev–Trinajstić information content (AvgIpc) is 3.38. The van der Waals surface area contributed by atoms with Crippen molar-refractivity contribution in [2.45, 2.75) is 347 Å². The normalized spacial score (nSPS) is 13.9. The number of carbonyl (C=O) groups is 1. The minimum absolute atomic E-state index is 0.0761. The third kappa shape index (κ3) is 60.4. The van der Waals surface area contributed by atoms with Crippen LogP contribution in [-0.2, 0) is 18.4 Å². The van der Waals surface area contributed by atoms with E-state index in [0.717, 1.165) is 51.4 Å². The first-order chi connectivity index (χ1) is 37.0. The van der Waals surface area contributed by atoms with Crippen LogP contribution in [-0.4, -0.2) is 73.4 Å². The summed E-state index contributed by atoms with van der Waals surface area (Å²) in [4.78, 5) is 23.4. The third-order valence-corrected chi connectivity index (χ3v) is 16.4. The van der Waals surface area contributed by atoms with Crippen molar-refractivity contribution in [1.82, 2.24) is 5.32 Å². The largest absolute Gasteiger partial charge is 0.472 e. The molecule has 3 unspecified atom stereocenters. The number of hydrogen-bond acceptors (Lipinski definition) is 5. The van der Waals surface area contributed by atoms with Crippen LogP contribution in [0.5, 0.6) is 0 Å². The molecule has 0 aliphatic heterocycles. The molecule has 0 aliphatic carbocycles. The second-order valence-electron chi connectivity index (χ2n) is 24.2. The molecule has 1 amide bonds. The van der Waals surface area contributed by atoms with E-state index >= 15 is 0 Å². The van der Waals surface area contributed by atoms with Gasteiger partial charge in [0.1, 0.15) is 13.2 Å². The van der Waals surface area contributed by atoms with Crippen LogP contribution in [0.15, 0.2) is 36.5 Å². The molecule has 0 saturated heterocycles. The third-order valence-electron chi connectivity index (χ3n) is 15.4. The summed E-state index contributed by atoms with van der Waals surface area (Å²) >= 11 is 0. The van der Waals surface area contributed by atoms with E-state index in [0.29, 0.717) is 23.9 Å². The van der Waals surface area contributed by atoms with E-state index < -0.39 is 20.0 Å². The number of rotatable bonds is 62. The van der Waals surface area contributed by atoms with Crippen LogP contribution in [0.3, 0.4) is 0 Å². The van der Waals surface area contributed by atoms with Crippen molar-refractivity contribution in [3.05, 3.63) is 36.5 Å². The van der Waals surface area contributed by atoms with Crippen molar-refractivity contribution in [2.75, 3.05) is 40.9 Å². The molecule has 0 heterocycles. The Morgan fingerprint density at radius 3 is 1.09 bits per heavy atom. The van der Waals surface area contributed by atoms with Crippen LogP contribution >= 0.6 is 7.82 Å². The number of likely N-dealkylation sites (N-methyl/N-ethyl adjacent to an activating group) is 1. The number of carbonyl (C=O) groups excluding carboxylic acids is 1. The summed E-state index contributed by atoms with van der Waals surface area (Å²) in [5, 5.41) is 14.1. The van der Waals surface area contributed by atoms with Crippen molar-refractivity contribution in [3.8, 4) is 0 Å². The number of phosphoric ester groups is 1. The number of nitrogens with zero attached hydrogens (tertiary/aromatic N) is 1. The first kappa shape index (κ1) is 74.7. The summed E-state index contributed by atoms with van der Waals surface area (Å²) in [6, 6.07) is -0.761. The van der Waals surface area contributed by atoms with Crippen molar-refractivity contribution in [1.29, 1.82) is 0 Å². The Bertz CT molecular complexity index is 1330. The second kappa shape index (κ2) is 58.4. The van der Waals surface area contributed by atoms with Crippen molar-refractivity contribution in [3.63, 3.8) is 0 Å². The summed E-state index contributed by atoms with van der Waals surface area (Å²) < 4.78 is 23.9. The molecule has 0 aromatic carbocycles. The topological polar surface area (TPSA) is 105 Å².